The van der Waals surface area contributed by atoms with Gasteiger partial charge in [-0.15, -0.1) is 11.3 Å². The monoisotopic (exact) mass is 582 g/mol. The average molecular weight is 583 g/mol. The number of thiophene rings is 1. The van der Waals surface area contributed by atoms with Gasteiger partial charge in [-0.1, -0.05) is 55.4 Å². The Hall–Kier alpha value is -2.49. The van der Waals surface area contributed by atoms with E-state index in [-0.39, 0.29) is 12.0 Å². The molecule has 0 aromatic carbocycles. The van der Waals surface area contributed by atoms with E-state index in [1.54, 1.807) is 26.7 Å². The number of ether oxygens (including phenoxy) is 1. The number of nitrogens with zero attached hydrogens (tertiary/aromatic N) is 4. The van der Waals surface area contributed by atoms with Gasteiger partial charge in [0.1, 0.15) is 16.8 Å². The second-order valence-corrected chi connectivity index (χ2v) is 19.5. The first-order chi connectivity index (χ1) is 18.6. The minimum Gasteiger partial charge on any atom is -0.443 e. The summed E-state index contributed by atoms with van der Waals surface area (Å²) in [6.07, 6.45) is 3.15. The fourth-order valence-corrected chi connectivity index (χ4v) is 13.0. The van der Waals surface area contributed by atoms with Gasteiger partial charge in [-0.25, -0.2) is 18.9 Å². The van der Waals surface area contributed by atoms with Gasteiger partial charge in [0, 0.05) is 17.1 Å². The lowest BCUT2D eigenvalue weighted by Gasteiger charge is -2.42. The highest BCUT2D eigenvalue weighted by atomic mass is 32.1. The molecule has 0 amide bonds. The van der Waals surface area contributed by atoms with Crippen LogP contribution >= 0.6 is 11.3 Å². The summed E-state index contributed by atoms with van der Waals surface area (Å²) in [5.41, 5.74) is 6.68. The third kappa shape index (κ3) is 5.28. The summed E-state index contributed by atoms with van der Waals surface area (Å²) >= 11 is 1.59. The highest BCUT2D eigenvalue weighted by Gasteiger charge is 2.45. The molecule has 0 atom stereocenters. The van der Waals surface area contributed by atoms with Gasteiger partial charge in [0.25, 0.3) is 0 Å². The lowest BCUT2D eigenvalue weighted by Crippen LogP contribution is -2.47. The molecular formula is C31H46N4O3SSi. The van der Waals surface area contributed by atoms with Gasteiger partial charge in [-0.3, -0.25) is 0 Å². The molecule has 4 aromatic heterocycles. The van der Waals surface area contributed by atoms with Crippen molar-refractivity contribution in [1.82, 2.24) is 19.2 Å². The topological polar surface area (TPSA) is 70.7 Å². The van der Waals surface area contributed by atoms with Crippen molar-refractivity contribution in [2.45, 2.75) is 118 Å². The minimum absolute atomic E-state index is 0.156. The molecule has 4 rings (SSSR count). The number of carbonyl (C=O) groups excluding carboxylic acids is 1. The molecule has 0 spiro atoms. The van der Waals surface area contributed by atoms with Crippen LogP contribution in [0.4, 0.5) is 4.79 Å². The van der Waals surface area contributed by atoms with Crippen LogP contribution in [0.15, 0.2) is 24.0 Å². The second-order valence-electron chi connectivity index (χ2n) is 13.2. The number of pyridine rings is 1. The molecular weight excluding hydrogens is 537 g/mol. The Morgan fingerprint density at radius 2 is 1.68 bits per heavy atom. The van der Waals surface area contributed by atoms with E-state index in [1.807, 2.05) is 33.9 Å². The van der Waals surface area contributed by atoms with E-state index in [9.17, 15) is 4.79 Å². The predicted molar refractivity (Wildman–Crippen MR) is 168 cm³/mol. The smallest absolute Gasteiger partial charge is 0.420 e. The number of hydrogen-bond acceptors (Lipinski definition) is 6. The Balaban J connectivity index is 1.98. The maximum atomic E-state index is 13.9. The third-order valence-electron chi connectivity index (χ3n) is 7.97. The summed E-state index contributed by atoms with van der Waals surface area (Å²) in [4.78, 5) is 19.2. The van der Waals surface area contributed by atoms with Gasteiger partial charge in [0.15, 0.2) is 5.65 Å². The SMILES string of the molecule is Cc1cc(-c2c(C(C)C)c3c(CO[Si](C(C)C)(C(C)C)C(C)C)csc3n2C(=O)OC(C)(C)C)cn2ncnc12. The number of carbonyl (C=O) groups is 1. The molecule has 0 unspecified atom stereocenters. The first-order valence-corrected chi connectivity index (χ1v) is 17.4. The summed E-state index contributed by atoms with van der Waals surface area (Å²) in [6.45, 7) is 26.5. The highest BCUT2D eigenvalue weighted by Crippen LogP contribution is 2.46. The second kappa shape index (κ2) is 11.1. The maximum Gasteiger partial charge on any atom is 0.420 e. The van der Waals surface area contributed by atoms with Crippen LogP contribution in [0.2, 0.25) is 16.6 Å². The number of hydrogen-bond donors (Lipinski definition) is 0. The molecule has 0 saturated carbocycles. The van der Waals surface area contributed by atoms with E-state index in [0.29, 0.717) is 23.2 Å². The molecule has 0 aliphatic heterocycles. The van der Waals surface area contributed by atoms with E-state index >= 15 is 0 Å². The van der Waals surface area contributed by atoms with Gasteiger partial charge < -0.3 is 9.16 Å². The maximum absolute atomic E-state index is 13.9. The molecule has 7 nitrogen and oxygen atoms in total. The van der Waals surface area contributed by atoms with E-state index < -0.39 is 13.9 Å². The first-order valence-electron chi connectivity index (χ1n) is 14.4. The Morgan fingerprint density at radius 3 is 2.23 bits per heavy atom. The van der Waals surface area contributed by atoms with Crippen LogP contribution in [-0.4, -0.2) is 39.2 Å². The summed E-state index contributed by atoms with van der Waals surface area (Å²) in [6, 6.07) is 2.10. The summed E-state index contributed by atoms with van der Waals surface area (Å²) < 4.78 is 16.6. The van der Waals surface area contributed by atoms with Crippen molar-refractivity contribution >= 4 is 41.6 Å². The zero-order valence-corrected chi connectivity index (χ0v) is 28.1. The van der Waals surface area contributed by atoms with Crippen LogP contribution in [0, 0.1) is 6.92 Å². The lowest BCUT2D eigenvalue weighted by atomic mass is 9.95. The molecule has 0 radical (unpaired) electrons. The van der Waals surface area contributed by atoms with E-state index in [2.05, 4.69) is 76.9 Å². The largest absolute Gasteiger partial charge is 0.443 e. The number of aryl methyl sites for hydroxylation is 1. The summed E-state index contributed by atoms with van der Waals surface area (Å²) in [5.74, 6) is 0.156. The van der Waals surface area contributed by atoms with Crippen molar-refractivity contribution in [3.05, 3.63) is 40.7 Å². The van der Waals surface area contributed by atoms with Gasteiger partial charge in [0.2, 0.25) is 8.32 Å². The minimum atomic E-state index is -2.08. The van der Waals surface area contributed by atoms with E-state index in [0.717, 1.165) is 43.8 Å². The van der Waals surface area contributed by atoms with Crippen molar-refractivity contribution in [2.75, 3.05) is 0 Å². The molecule has 9 heteroatoms. The molecule has 0 N–H and O–H groups in total. The standard InChI is InChI=1S/C31H46N4O3SSi/c1-18(2)25-26-24(15-37-40(19(3)4,20(5)6)21(7)8)16-39-29(26)35(30(36)38-31(10,11)12)27(25)23-13-22(9)28-32-17-33-34(28)14-23/h13-14,16-21H,15H2,1-12H3. The molecule has 0 saturated heterocycles. The van der Waals surface area contributed by atoms with Crippen LogP contribution in [0.25, 0.3) is 27.1 Å². The third-order valence-corrected chi connectivity index (χ3v) is 15.0. The number of rotatable bonds is 8. The number of fused-ring (bicyclic) bond motifs is 2. The normalized spacial score (nSPS) is 13.2. The fraction of sp³-hybridized carbons (Fsp3) is 0.581. The van der Waals surface area contributed by atoms with Crippen molar-refractivity contribution in [3.63, 3.8) is 0 Å². The van der Waals surface area contributed by atoms with Gasteiger partial charge in [-0.2, -0.15) is 5.10 Å². The van der Waals surface area contributed by atoms with Crippen LogP contribution in [-0.2, 0) is 15.8 Å². The van der Waals surface area contributed by atoms with Gasteiger partial charge in [0.05, 0.1) is 12.3 Å². The number of aromatic nitrogens is 4. The Morgan fingerprint density at radius 1 is 1.05 bits per heavy atom. The Labute approximate surface area is 244 Å². The van der Waals surface area contributed by atoms with Crippen molar-refractivity contribution < 1.29 is 14.0 Å². The summed E-state index contributed by atoms with van der Waals surface area (Å²) in [7, 11) is -2.08. The van der Waals surface area contributed by atoms with Crippen molar-refractivity contribution in [2.24, 2.45) is 0 Å². The Bertz CT molecular complexity index is 1500. The molecule has 4 aromatic rings. The van der Waals surface area contributed by atoms with Crippen LogP contribution in [0.5, 0.6) is 0 Å². The van der Waals surface area contributed by atoms with E-state index in [1.165, 1.54) is 0 Å². The molecule has 0 aliphatic rings. The molecule has 218 valence electrons. The summed E-state index contributed by atoms with van der Waals surface area (Å²) in [5, 5.41) is 7.69. The predicted octanol–water partition coefficient (Wildman–Crippen LogP) is 9.32. The molecule has 0 bridgehead atoms. The molecule has 4 heterocycles. The van der Waals surface area contributed by atoms with Gasteiger partial charge >= 0.3 is 6.09 Å². The highest BCUT2D eigenvalue weighted by molar-refractivity contribution is 7.17. The van der Waals surface area contributed by atoms with Crippen LogP contribution < -0.4 is 0 Å². The molecule has 40 heavy (non-hydrogen) atoms. The van der Waals surface area contributed by atoms with E-state index in [4.69, 9.17) is 9.16 Å². The van der Waals surface area contributed by atoms with Crippen LogP contribution in [0.3, 0.4) is 0 Å². The molecule has 0 fully saturated rings. The Kier molecular flexibility index (Phi) is 8.42. The zero-order chi connectivity index (χ0) is 29.7. The lowest BCUT2D eigenvalue weighted by molar-refractivity contribution is 0.0547. The van der Waals surface area contributed by atoms with Crippen LogP contribution in [0.1, 0.15) is 98.8 Å². The van der Waals surface area contributed by atoms with Crippen molar-refractivity contribution in [3.8, 4) is 11.3 Å². The van der Waals surface area contributed by atoms with Crippen molar-refractivity contribution in [1.29, 1.82) is 0 Å². The van der Waals surface area contributed by atoms with Gasteiger partial charge in [-0.05, 0) is 78.4 Å². The average Bonchev–Trinajstić information content (AvgIpc) is 3.52. The quantitative estimate of drug-likeness (QED) is 0.194. The first kappa shape index (κ1) is 30.5. The fourth-order valence-electron chi connectivity index (χ4n) is 6.54. The molecule has 0 aliphatic carbocycles. The zero-order valence-electron chi connectivity index (χ0n) is 26.2.